The Morgan fingerprint density at radius 3 is 2.63 bits per heavy atom. The Labute approximate surface area is 201 Å². The van der Waals surface area contributed by atoms with E-state index in [0.29, 0.717) is 24.9 Å². The number of hydrogen-bond donors (Lipinski definition) is 2. The van der Waals surface area contributed by atoms with E-state index in [1.54, 1.807) is 12.5 Å². The number of rotatable bonds is 7. The molecule has 0 radical (unpaired) electrons. The quantitative estimate of drug-likeness (QED) is 0.383. The number of hydrogen-bond acceptors (Lipinski definition) is 7. The minimum Gasteiger partial charge on any atom is -0.432 e. The summed E-state index contributed by atoms with van der Waals surface area (Å²) >= 11 is 0. The summed E-state index contributed by atoms with van der Waals surface area (Å²) in [6.45, 7) is 1.03. The minimum absolute atomic E-state index is 0.00884. The zero-order valence-corrected chi connectivity index (χ0v) is 19.7. The number of nitrogens with one attached hydrogen (secondary N) is 2. The van der Waals surface area contributed by atoms with Crippen LogP contribution in [0.1, 0.15) is 5.69 Å². The summed E-state index contributed by atoms with van der Waals surface area (Å²) in [5, 5.41) is 3.19. The fraction of sp³-hybridized carbons (Fsp3) is 0.167. The maximum atomic E-state index is 13.1. The molecule has 0 fully saturated rings. The van der Waals surface area contributed by atoms with Crippen molar-refractivity contribution in [3.8, 4) is 11.3 Å². The van der Waals surface area contributed by atoms with E-state index < -0.39 is 15.8 Å². The van der Waals surface area contributed by atoms with Gasteiger partial charge in [-0.2, -0.15) is 4.98 Å². The number of oxazole rings is 1. The van der Waals surface area contributed by atoms with Gasteiger partial charge in [0.25, 0.3) is 0 Å². The van der Waals surface area contributed by atoms with E-state index in [1.165, 1.54) is 12.1 Å². The van der Waals surface area contributed by atoms with Gasteiger partial charge in [-0.1, -0.05) is 30.3 Å². The lowest BCUT2D eigenvalue weighted by Crippen LogP contribution is -2.43. The molecule has 2 aromatic heterocycles. The normalized spacial score (nSPS) is 14.2. The van der Waals surface area contributed by atoms with Crippen molar-refractivity contribution < 1.29 is 17.2 Å². The zero-order chi connectivity index (χ0) is 24.4. The van der Waals surface area contributed by atoms with Crippen LogP contribution in [-0.2, 0) is 10.0 Å². The number of benzene rings is 2. The SMILES string of the molecule is CN1CC=C(c2c(-c3ccccc3)nc3occn23)N=C1NCCNS(=O)(=O)c1ccc(F)cc1. The van der Waals surface area contributed by atoms with Crippen LogP contribution >= 0.6 is 0 Å². The predicted molar refractivity (Wildman–Crippen MR) is 131 cm³/mol. The molecule has 11 heteroatoms. The van der Waals surface area contributed by atoms with Crippen molar-refractivity contribution in [2.24, 2.45) is 4.99 Å². The number of fused-ring (bicyclic) bond motifs is 1. The molecule has 0 unspecified atom stereocenters. The van der Waals surface area contributed by atoms with Gasteiger partial charge in [-0.25, -0.2) is 22.5 Å². The molecule has 0 saturated carbocycles. The van der Waals surface area contributed by atoms with Gasteiger partial charge >= 0.3 is 5.84 Å². The average Bonchev–Trinajstić information content (AvgIpc) is 3.45. The molecule has 1 aliphatic heterocycles. The van der Waals surface area contributed by atoms with Crippen LogP contribution in [0.2, 0.25) is 0 Å². The Kier molecular flexibility index (Phi) is 6.10. The first kappa shape index (κ1) is 22.8. The predicted octanol–water partition coefficient (Wildman–Crippen LogP) is 2.94. The molecule has 2 N–H and O–H groups in total. The molecule has 0 bridgehead atoms. The fourth-order valence-corrected chi connectivity index (χ4v) is 4.80. The van der Waals surface area contributed by atoms with Gasteiger partial charge in [-0.05, 0) is 30.3 Å². The summed E-state index contributed by atoms with van der Waals surface area (Å²) < 4.78 is 47.8. The van der Waals surface area contributed by atoms with Gasteiger partial charge in [-0.3, -0.25) is 4.40 Å². The topological polar surface area (TPSA) is 104 Å². The number of aromatic nitrogens is 2. The molecule has 1 aliphatic rings. The van der Waals surface area contributed by atoms with E-state index in [-0.39, 0.29) is 11.4 Å². The van der Waals surface area contributed by atoms with Crippen molar-refractivity contribution in [3.05, 3.63) is 84.6 Å². The number of nitrogens with zero attached hydrogens (tertiary/aromatic N) is 4. The lowest BCUT2D eigenvalue weighted by molar-refractivity contribution is 0.527. The third-order valence-corrected chi connectivity index (χ3v) is 7.00. The Bertz CT molecular complexity index is 1510. The van der Waals surface area contributed by atoms with E-state index in [0.717, 1.165) is 34.8 Å². The van der Waals surface area contributed by atoms with Crippen molar-refractivity contribution in [1.29, 1.82) is 0 Å². The van der Waals surface area contributed by atoms with Crippen LogP contribution in [0.25, 0.3) is 22.8 Å². The molecule has 9 nitrogen and oxygen atoms in total. The van der Waals surface area contributed by atoms with Crippen LogP contribution in [0.3, 0.4) is 0 Å². The third-order valence-electron chi connectivity index (χ3n) is 5.52. The molecule has 5 rings (SSSR count). The maximum Gasteiger partial charge on any atom is 0.306 e. The number of likely N-dealkylation sites (N-methyl/N-ethyl adjacent to an activating group) is 1. The van der Waals surface area contributed by atoms with Crippen molar-refractivity contribution in [1.82, 2.24) is 24.3 Å². The molecule has 0 aliphatic carbocycles. The molecule has 0 saturated heterocycles. The lowest BCUT2D eigenvalue weighted by Gasteiger charge is -2.25. The van der Waals surface area contributed by atoms with Gasteiger partial charge in [-0.15, -0.1) is 0 Å². The zero-order valence-electron chi connectivity index (χ0n) is 18.8. The summed E-state index contributed by atoms with van der Waals surface area (Å²) in [5.74, 6) is 0.577. The first-order valence-corrected chi connectivity index (χ1v) is 12.4. The molecule has 0 atom stereocenters. The molecule has 180 valence electrons. The number of sulfonamides is 1. The Balaban J connectivity index is 1.33. The van der Waals surface area contributed by atoms with Gasteiger partial charge in [0.1, 0.15) is 23.5 Å². The second-order valence-corrected chi connectivity index (χ2v) is 9.68. The van der Waals surface area contributed by atoms with Gasteiger partial charge in [0.05, 0.1) is 10.6 Å². The highest BCUT2D eigenvalue weighted by Gasteiger charge is 2.23. The summed E-state index contributed by atoms with van der Waals surface area (Å²) in [5.41, 5.74) is 3.24. The maximum absolute atomic E-state index is 13.1. The summed E-state index contributed by atoms with van der Waals surface area (Å²) in [7, 11) is -1.84. The van der Waals surface area contributed by atoms with Gasteiger partial charge in [0.15, 0.2) is 5.96 Å². The summed E-state index contributed by atoms with van der Waals surface area (Å²) in [6.07, 6.45) is 5.38. The largest absolute Gasteiger partial charge is 0.432 e. The van der Waals surface area contributed by atoms with Crippen LogP contribution in [0.5, 0.6) is 0 Å². The molecular weight excluding hydrogens is 471 g/mol. The van der Waals surface area contributed by atoms with Crippen molar-refractivity contribution in [2.75, 3.05) is 26.7 Å². The van der Waals surface area contributed by atoms with E-state index in [4.69, 9.17) is 9.41 Å². The van der Waals surface area contributed by atoms with Crippen LogP contribution in [0.15, 0.2) is 87.4 Å². The van der Waals surface area contributed by atoms with Crippen LogP contribution in [-0.4, -0.2) is 55.3 Å². The van der Waals surface area contributed by atoms with E-state index >= 15 is 0 Å². The van der Waals surface area contributed by atoms with E-state index in [2.05, 4.69) is 15.0 Å². The van der Waals surface area contributed by atoms with E-state index in [1.807, 2.05) is 52.8 Å². The van der Waals surface area contributed by atoms with Crippen molar-refractivity contribution in [2.45, 2.75) is 4.90 Å². The van der Waals surface area contributed by atoms with Crippen LogP contribution < -0.4 is 10.0 Å². The average molecular weight is 495 g/mol. The molecule has 35 heavy (non-hydrogen) atoms. The highest BCUT2D eigenvalue weighted by atomic mass is 32.2. The Morgan fingerprint density at radius 1 is 1.09 bits per heavy atom. The number of halogens is 1. The molecule has 4 aromatic rings. The molecule has 0 amide bonds. The third kappa shape index (κ3) is 4.68. The Hall–Kier alpha value is -3.96. The molecule has 0 spiro atoms. The highest BCUT2D eigenvalue weighted by molar-refractivity contribution is 7.89. The minimum atomic E-state index is -3.74. The van der Waals surface area contributed by atoms with Gasteiger partial charge < -0.3 is 14.6 Å². The smallest absolute Gasteiger partial charge is 0.306 e. The second kappa shape index (κ2) is 9.35. The van der Waals surface area contributed by atoms with Crippen molar-refractivity contribution in [3.63, 3.8) is 0 Å². The highest BCUT2D eigenvalue weighted by Crippen LogP contribution is 2.31. The number of guanidine groups is 1. The molecule has 3 heterocycles. The van der Waals surface area contributed by atoms with Gasteiger partial charge in [0.2, 0.25) is 10.0 Å². The molecular formula is C24H23FN6O3S. The first-order chi connectivity index (χ1) is 16.9. The monoisotopic (exact) mass is 494 g/mol. The van der Waals surface area contributed by atoms with Crippen molar-refractivity contribution >= 4 is 27.5 Å². The number of aliphatic imine (C=N–C) groups is 1. The Morgan fingerprint density at radius 2 is 1.86 bits per heavy atom. The van der Waals surface area contributed by atoms with E-state index in [9.17, 15) is 12.8 Å². The fourth-order valence-electron chi connectivity index (χ4n) is 3.76. The second-order valence-electron chi connectivity index (χ2n) is 7.91. The van der Waals surface area contributed by atoms with Crippen LogP contribution in [0, 0.1) is 5.82 Å². The van der Waals surface area contributed by atoms with Crippen LogP contribution in [0.4, 0.5) is 4.39 Å². The molecule has 2 aromatic carbocycles. The van der Waals surface area contributed by atoms with Gasteiger partial charge in [0, 0.05) is 38.4 Å². The summed E-state index contributed by atoms with van der Waals surface area (Å²) in [4.78, 5) is 11.4. The first-order valence-electron chi connectivity index (χ1n) is 10.9. The summed E-state index contributed by atoms with van der Waals surface area (Å²) in [6, 6.07) is 14.5. The standard InChI is InChI=1S/C24H23FN6O3S/c1-30-14-11-20(22-21(17-5-3-2-4-6-17)29-24-31(22)15-16-34-24)28-23(30)26-12-13-27-35(32,33)19-9-7-18(25)8-10-19/h2-11,15-16,27H,12-14H2,1H3,(H,26,28). The lowest BCUT2D eigenvalue weighted by atomic mass is 10.1. The number of imidazole rings is 1.